The Kier molecular flexibility index (Phi) is 7.34. The molecule has 0 bridgehead atoms. The number of piperazine rings is 1. The average molecular weight is 338 g/mol. The van der Waals surface area contributed by atoms with Gasteiger partial charge in [0.15, 0.2) is 0 Å². The summed E-state index contributed by atoms with van der Waals surface area (Å²) in [6.45, 7) is 11.3. The predicted octanol–water partition coefficient (Wildman–Crippen LogP) is 1.76. The lowest BCUT2D eigenvalue weighted by atomic mass is 9.94. The molecule has 1 heterocycles. The van der Waals surface area contributed by atoms with Gasteiger partial charge in [0.2, 0.25) is 5.91 Å². The van der Waals surface area contributed by atoms with Gasteiger partial charge in [0.25, 0.3) is 0 Å². The van der Waals surface area contributed by atoms with Crippen molar-refractivity contribution < 1.29 is 9.59 Å². The highest BCUT2D eigenvalue weighted by Crippen LogP contribution is 2.32. The molecule has 1 aliphatic carbocycles. The van der Waals surface area contributed by atoms with E-state index in [0.29, 0.717) is 31.5 Å². The number of hydrogen-bond donors (Lipinski definition) is 1. The van der Waals surface area contributed by atoms with Crippen molar-refractivity contribution in [3.8, 4) is 0 Å². The van der Waals surface area contributed by atoms with Crippen LogP contribution in [-0.4, -0.2) is 78.5 Å². The molecule has 1 atom stereocenters. The molecule has 1 saturated carbocycles. The van der Waals surface area contributed by atoms with E-state index in [1.54, 1.807) is 0 Å². The molecule has 0 spiro atoms. The molecule has 3 amide bonds. The van der Waals surface area contributed by atoms with Crippen LogP contribution in [0.2, 0.25) is 0 Å². The molecule has 1 aliphatic heterocycles. The number of likely N-dealkylation sites (N-methyl/N-ethyl adjacent to an activating group) is 1. The molecule has 2 rings (SSSR count). The summed E-state index contributed by atoms with van der Waals surface area (Å²) in [7, 11) is 0. The maximum absolute atomic E-state index is 13.1. The number of hydrogen-bond acceptors (Lipinski definition) is 3. The lowest BCUT2D eigenvalue weighted by Crippen LogP contribution is -2.59. The van der Waals surface area contributed by atoms with E-state index in [0.717, 1.165) is 39.0 Å². The van der Waals surface area contributed by atoms with Crippen LogP contribution in [0.1, 0.15) is 46.5 Å². The molecule has 1 N–H and O–H groups in total. The van der Waals surface area contributed by atoms with E-state index in [1.165, 1.54) is 12.8 Å². The van der Waals surface area contributed by atoms with Gasteiger partial charge in [-0.1, -0.05) is 12.8 Å². The summed E-state index contributed by atoms with van der Waals surface area (Å²) in [5, 5.41) is 2.87. The minimum absolute atomic E-state index is 0.00351. The molecule has 0 aromatic carbocycles. The fourth-order valence-electron chi connectivity index (χ4n) is 4.12. The Morgan fingerprint density at radius 1 is 1.04 bits per heavy atom. The van der Waals surface area contributed by atoms with Gasteiger partial charge in [-0.2, -0.15) is 0 Å². The molecule has 2 aliphatic rings. The van der Waals surface area contributed by atoms with Crippen LogP contribution in [0.15, 0.2) is 0 Å². The van der Waals surface area contributed by atoms with Crippen molar-refractivity contribution >= 4 is 11.9 Å². The van der Waals surface area contributed by atoms with E-state index in [4.69, 9.17) is 0 Å². The first kappa shape index (κ1) is 19.0. The largest absolute Gasteiger partial charge is 0.342 e. The van der Waals surface area contributed by atoms with E-state index in [9.17, 15) is 9.59 Å². The number of carbonyl (C=O) groups is 2. The van der Waals surface area contributed by atoms with Gasteiger partial charge in [-0.05, 0) is 39.5 Å². The molecule has 0 unspecified atom stereocenters. The smallest absolute Gasteiger partial charge is 0.317 e. The van der Waals surface area contributed by atoms with Gasteiger partial charge in [-0.15, -0.1) is 0 Å². The van der Waals surface area contributed by atoms with Gasteiger partial charge in [-0.3, -0.25) is 9.69 Å². The summed E-state index contributed by atoms with van der Waals surface area (Å²) >= 11 is 0. The first-order valence-electron chi connectivity index (χ1n) is 9.67. The summed E-state index contributed by atoms with van der Waals surface area (Å²) in [5.74, 6) is 0.771. The maximum atomic E-state index is 13.1. The van der Waals surface area contributed by atoms with Crippen molar-refractivity contribution in [3.05, 3.63) is 0 Å². The number of nitrogens with zero attached hydrogens (tertiary/aromatic N) is 3. The Labute approximate surface area is 146 Å². The molecule has 138 valence electrons. The molecule has 2 fully saturated rings. The van der Waals surface area contributed by atoms with Crippen molar-refractivity contribution in [2.24, 2.45) is 5.92 Å². The molecule has 1 saturated heterocycles. The Bertz CT molecular complexity index is 411. The van der Waals surface area contributed by atoms with Gasteiger partial charge in [0.05, 0.1) is 6.04 Å². The second-order valence-corrected chi connectivity index (χ2v) is 6.86. The number of carbonyl (C=O) groups excluding carboxylic acids is 2. The minimum atomic E-state index is 0.00351. The monoisotopic (exact) mass is 338 g/mol. The van der Waals surface area contributed by atoms with Crippen LogP contribution in [0.25, 0.3) is 0 Å². The van der Waals surface area contributed by atoms with Crippen LogP contribution in [0.4, 0.5) is 4.79 Å². The van der Waals surface area contributed by atoms with Crippen LogP contribution < -0.4 is 5.32 Å². The van der Waals surface area contributed by atoms with E-state index in [1.807, 2.05) is 16.7 Å². The van der Waals surface area contributed by atoms with Crippen molar-refractivity contribution in [3.63, 3.8) is 0 Å². The summed E-state index contributed by atoms with van der Waals surface area (Å²) in [6, 6.07) is 0.0217. The van der Waals surface area contributed by atoms with Crippen molar-refractivity contribution in [1.29, 1.82) is 0 Å². The van der Waals surface area contributed by atoms with Gasteiger partial charge >= 0.3 is 6.03 Å². The lowest BCUT2D eigenvalue weighted by Gasteiger charge is -2.42. The van der Waals surface area contributed by atoms with Crippen molar-refractivity contribution in [2.45, 2.75) is 52.5 Å². The predicted molar refractivity (Wildman–Crippen MR) is 95.9 cm³/mol. The number of rotatable bonds is 6. The minimum Gasteiger partial charge on any atom is -0.342 e. The highest BCUT2D eigenvalue weighted by molar-refractivity contribution is 5.82. The summed E-state index contributed by atoms with van der Waals surface area (Å²) in [4.78, 5) is 31.3. The van der Waals surface area contributed by atoms with E-state index < -0.39 is 0 Å². The zero-order chi connectivity index (χ0) is 17.5. The van der Waals surface area contributed by atoms with E-state index in [-0.39, 0.29) is 12.1 Å². The molecule has 0 aromatic heterocycles. The highest BCUT2D eigenvalue weighted by atomic mass is 16.2. The van der Waals surface area contributed by atoms with Crippen LogP contribution in [0.5, 0.6) is 0 Å². The SMILES string of the molecule is CCNC(=O)N1CCN([C@H](C(=O)N(CC)CC)C2CCCC2)CC1. The van der Waals surface area contributed by atoms with Gasteiger partial charge in [0, 0.05) is 45.8 Å². The van der Waals surface area contributed by atoms with Crippen molar-refractivity contribution in [2.75, 3.05) is 45.8 Å². The first-order chi connectivity index (χ1) is 11.6. The van der Waals surface area contributed by atoms with Crippen LogP contribution in [0, 0.1) is 5.92 Å². The summed E-state index contributed by atoms with van der Waals surface area (Å²) in [5.41, 5.74) is 0. The Hall–Kier alpha value is -1.30. The molecule has 0 aromatic rings. The quantitative estimate of drug-likeness (QED) is 0.803. The zero-order valence-electron chi connectivity index (χ0n) is 15.6. The highest BCUT2D eigenvalue weighted by Gasteiger charge is 2.38. The topological polar surface area (TPSA) is 55.9 Å². The second-order valence-electron chi connectivity index (χ2n) is 6.86. The third-order valence-corrected chi connectivity index (χ3v) is 5.50. The van der Waals surface area contributed by atoms with Crippen LogP contribution in [0.3, 0.4) is 0 Å². The number of nitrogens with one attached hydrogen (secondary N) is 1. The fraction of sp³-hybridized carbons (Fsp3) is 0.889. The molecular formula is C18H34N4O2. The molecule has 6 nitrogen and oxygen atoms in total. The summed E-state index contributed by atoms with van der Waals surface area (Å²) in [6.07, 6.45) is 4.81. The van der Waals surface area contributed by atoms with E-state index in [2.05, 4.69) is 24.1 Å². The average Bonchev–Trinajstić information content (AvgIpc) is 3.11. The van der Waals surface area contributed by atoms with E-state index >= 15 is 0 Å². The maximum Gasteiger partial charge on any atom is 0.317 e. The normalized spacial score (nSPS) is 20.9. The first-order valence-corrected chi connectivity index (χ1v) is 9.67. The Morgan fingerprint density at radius 3 is 2.12 bits per heavy atom. The Balaban J connectivity index is 2.03. The lowest BCUT2D eigenvalue weighted by molar-refractivity contribution is -0.139. The zero-order valence-corrected chi connectivity index (χ0v) is 15.6. The summed E-state index contributed by atoms with van der Waals surface area (Å²) < 4.78 is 0. The van der Waals surface area contributed by atoms with Crippen LogP contribution >= 0.6 is 0 Å². The molecular weight excluding hydrogens is 304 g/mol. The van der Waals surface area contributed by atoms with Gasteiger partial charge < -0.3 is 15.1 Å². The molecule has 24 heavy (non-hydrogen) atoms. The third kappa shape index (κ3) is 4.41. The fourth-order valence-corrected chi connectivity index (χ4v) is 4.12. The van der Waals surface area contributed by atoms with Gasteiger partial charge in [-0.25, -0.2) is 4.79 Å². The number of amides is 3. The van der Waals surface area contributed by atoms with Gasteiger partial charge in [0.1, 0.15) is 0 Å². The second kappa shape index (κ2) is 9.25. The third-order valence-electron chi connectivity index (χ3n) is 5.50. The molecule has 6 heteroatoms. The standard InChI is InChI=1S/C18H34N4O2/c1-4-19-18(24)22-13-11-21(12-14-22)16(15-9-7-8-10-15)17(23)20(5-2)6-3/h15-16H,4-14H2,1-3H3,(H,19,24)/t16-/m0/s1. The molecule has 0 radical (unpaired) electrons. The Morgan fingerprint density at radius 2 is 1.62 bits per heavy atom. The van der Waals surface area contributed by atoms with Crippen molar-refractivity contribution in [1.82, 2.24) is 20.0 Å². The van der Waals surface area contributed by atoms with Crippen LogP contribution in [-0.2, 0) is 4.79 Å². The number of urea groups is 1.